The van der Waals surface area contributed by atoms with Crippen LogP contribution in [0.2, 0.25) is 0 Å². The van der Waals surface area contributed by atoms with Gasteiger partial charge in [0.1, 0.15) is 5.71 Å². The van der Waals surface area contributed by atoms with Gasteiger partial charge in [0, 0.05) is 37.2 Å². The Hall–Kier alpha value is -4.59. The average molecular weight is 556 g/mol. The number of Topliss-reactive ketones (excluding diaryl/α,β-unsaturated/α-hetero) is 1. The Balaban J connectivity index is 1.81. The quantitative estimate of drug-likeness (QED) is 0.101. The molecule has 0 amide bonds. The van der Waals surface area contributed by atoms with Crippen molar-refractivity contribution in [3.63, 3.8) is 0 Å². The number of carbonyl (C=O) groups excluding carboxylic acids is 4. The van der Waals surface area contributed by atoms with Crippen molar-refractivity contribution < 1.29 is 33.5 Å². The van der Waals surface area contributed by atoms with Crippen molar-refractivity contribution in [2.24, 2.45) is 5.16 Å². The van der Waals surface area contributed by atoms with E-state index in [0.717, 1.165) is 33.4 Å². The van der Waals surface area contributed by atoms with E-state index < -0.39 is 11.4 Å². The summed E-state index contributed by atoms with van der Waals surface area (Å²) in [5.41, 5.74) is 5.27. The predicted octanol–water partition coefficient (Wildman–Crippen LogP) is 5.51. The average Bonchev–Trinajstić information content (AvgIpc) is 3.25. The lowest BCUT2D eigenvalue weighted by Gasteiger charge is -2.32. The topological polar surface area (TPSA) is 108 Å². The normalized spacial score (nSPS) is 13.1. The van der Waals surface area contributed by atoms with Crippen LogP contribution in [-0.4, -0.2) is 43.6 Å². The molecule has 3 aromatic carbocycles. The van der Waals surface area contributed by atoms with E-state index in [0.29, 0.717) is 18.4 Å². The van der Waals surface area contributed by atoms with Crippen LogP contribution in [0.25, 0.3) is 11.1 Å². The largest absolute Gasteiger partial charge is 0.469 e. The monoisotopic (exact) mass is 555 g/mol. The molecule has 8 nitrogen and oxygen atoms in total. The fourth-order valence-electron chi connectivity index (χ4n) is 5.55. The summed E-state index contributed by atoms with van der Waals surface area (Å²) in [5.74, 6) is -1.75. The molecule has 0 saturated heterocycles. The van der Waals surface area contributed by atoms with Gasteiger partial charge in [-0.2, -0.15) is 0 Å². The highest BCUT2D eigenvalue weighted by atomic mass is 16.7. The predicted molar refractivity (Wildman–Crippen MR) is 154 cm³/mol. The first-order chi connectivity index (χ1) is 19.7. The van der Waals surface area contributed by atoms with Gasteiger partial charge in [-0.3, -0.25) is 14.4 Å². The van der Waals surface area contributed by atoms with Crippen LogP contribution in [0.4, 0.5) is 0 Å². The number of ether oxygens (including phenoxy) is 2. The van der Waals surface area contributed by atoms with Gasteiger partial charge in [-0.25, -0.2) is 4.79 Å². The third-order valence-electron chi connectivity index (χ3n) is 7.50. The van der Waals surface area contributed by atoms with E-state index >= 15 is 0 Å². The lowest BCUT2D eigenvalue weighted by Crippen LogP contribution is -2.28. The maximum absolute atomic E-state index is 13.9. The summed E-state index contributed by atoms with van der Waals surface area (Å²) in [5, 5.41) is 3.93. The van der Waals surface area contributed by atoms with Crippen LogP contribution in [0, 0.1) is 6.92 Å². The van der Waals surface area contributed by atoms with Gasteiger partial charge in [-0.05, 0) is 53.6 Å². The van der Waals surface area contributed by atoms with Gasteiger partial charge in [-0.1, -0.05) is 71.4 Å². The summed E-state index contributed by atoms with van der Waals surface area (Å²) in [7, 11) is 2.68. The molecular formula is C33H33NO7. The molecule has 0 atom stereocenters. The fraction of sp³-hybridized carbons (Fsp3) is 0.303. The molecule has 0 N–H and O–H groups in total. The molecule has 1 aliphatic rings. The number of ketones is 1. The minimum atomic E-state index is -0.742. The SMILES string of the molecule is COC(=O)CCC1(CCC(=O)OC)c2ccccc2-c2ccc(C(=O)/C(Cc3cccc(C)c3)=N/OC(C)=O)cc21. The number of carbonyl (C=O) groups is 4. The smallest absolute Gasteiger partial charge is 0.331 e. The Morgan fingerprint density at radius 1 is 0.780 bits per heavy atom. The molecule has 0 spiro atoms. The molecule has 0 radical (unpaired) electrons. The van der Waals surface area contributed by atoms with Gasteiger partial charge >= 0.3 is 17.9 Å². The number of aryl methyl sites for hydroxylation is 1. The molecule has 3 aromatic rings. The molecule has 4 rings (SSSR count). The third-order valence-corrected chi connectivity index (χ3v) is 7.50. The van der Waals surface area contributed by atoms with Crippen LogP contribution in [0.3, 0.4) is 0 Å². The molecule has 0 heterocycles. The van der Waals surface area contributed by atoms with Gasteiger partial charge in [0.05, 0.1) is 14.2 Å². The van der Waals surface area contributed by atoms with Gasteiger partial charge in [0.2, 0.25) is 5.78 Å². The Bertz CT molecular complexity index is 1500. The van der Waals surface area contributed by atoms with Crippen LogP contribution >= 0.6 is 0 Å². The summed E-state index contributed by atoms with van der Waals surface area (Å²) in [6.45, 7) is 3.18. The van der Waals surface area contributed by atoms with Crippen molar-refractivity contribution >= 4 is 29.4 Å². The number of benzene rings is 3. The van der Waals surface area contributed by atoms with Gasteiger partial charge < -0.3 is 14.3 Å². The van der Waals surface area contributed by atoms with Crippen molar-refractivity contribution in [2.45, 2.75) is 51.4 Å². The molecule has 0 unspecified atom stereocenters. The molecule has 0 saturated carbocycles. The zero-order valence-electron chi connectivity index (χ0n) is 23.7. The molecule has 0 aromatic heterocycles. The molecule has 212 valence electrons. The molecule has 8 heteroatoms. The van der Waals surface area contributed by atoms with Crippen LogP contribution < -0.4 is 0 Å². The molecule has 41 heavy (non-hydrogen) atoms. The first kappa shape index (κ1) is 29.4. The van der Waals surface area contributed by atoms with E-state index in [1.807, 2.05) is 67.6 Å². The fourth-order valence-corrected chi connectivity index (χ4v) is 5.55. The Kier molecular flexibility index (Phi) is 9.12. The second-order valence-corrected chi connectivity index (χ2v) is 10.2. The highest BCUT2D eigenvalue weighted by molar-refractivity contribution is 6.46. The van der Waals surface area contributed by atoms with Gasteiger partial charge in [-0.15, -0.1) is 0 Å². The summed E-state index contributed by atoms with van der Waals surface area (Å²) in [6.07, 6.45) is 1.15. The number of hydrogen-bond donors (Lipinski definition) is 0. The van der Waals surface area contributed by atoms with Crippen molar-refractivity contribution in [3.05, 3.63) is 94.5 Å². The molecule has 0 bridgehead atoms. The second-order valence-electron chi connectivity index (χ2n) is 10.2. The lowest BCUT2D eigenvalue weighted by molar-refractivity contribution is -0.142. The Morgan fingerprint density at radius 3 is 2.07 bits per heavy atom. The number of rotatable bonds is 11. The van der Waals surface area contributed by atoms with Gasteiger partial charge in [0.25, 0.3) is 0 Å². The zero-order chi connectivity index (χ0) is 29.6. The van der Waals surface area contributed by atoms with Gasteiger partial charge in [0.15, 0.2) is 0 Å². The lowest BCUT2D eigenvalue weighted by atomic mass is 9.71. The van der Waals surface area contributed by atoms with Crippen LogP contribution in [-0.2, 0) is 40.5 Å². The van der Waals surface area contributed by atoms with Crippen LogP contribution in [0.15, 0.2) is 71.9 Å². The summed E-state index contributed by atoms with van der Waals surface area (Å²) in [6, 6.07) is 21.0. The van der Waals surface area contributed by atoms with E-state index in [-0.39, 0.29) is 42.7 Å². The second kappa shape index (κ2) is 12.7. The zero-order valence-corrected chi connectivity index (χ0v) is 23.7. The number of esters is 2. The number of fused-ring (bicyclic) bond motifs is 3. The highest BCUT2D eigenvalue weighted by Crippen LogP contribution is 2.54. The summed E-state index contributed by atoms with van der Waals surface area (Å²) >= 11 is 0. The van der Waals surface area contributed by atoms with Crippen molar-refractivity contribution in [1.29, 1.82) is 0 Å². The Morgan fingerprint density at radius 2 is 1.44 bits per heavy atom. The molecule has 0 aliphatic heterocycles. The van der Waals surface area contributed by atoms with E-state index in [2.05, 4.69) is 5.16 Å². The number of methoxy groups -OCH3 is 2. The van der Waals surface area contributed by atoms with Crippen molar-refractivity contribution in [2.75, 3.05) is 14.2 Å². The molecule has 1 aliphatic carbocycles. The van der Waals surface area contributed by atoms with E-state index in [1.54, 1.807) is 6.07 Å². The van der Waals surface area contributed by atoms with E-state index in [4.69, 9.17) is 14.3 Å². The first-order valence-corrected chi connectivity index (χ1v) is 13.4. The summed E-state index contributed by atoms with van der Waals surface area (Å²) in [4.78, 5) is 54.9. The minimum absolute atomic E-state index is 0.0796. The Labute approximate surface area is 239 Å². The first-order valence-electron chi connectivity index (χ1n) is 13.4. The van der Waals surface area contributed by atoms with E-state index in [9.17, 15) is 19.2 Å². The third kappa shape index (κ3) is 6.43. The van der Waals surface area contributed by atoms with Crippen molar-refractivity contribution in [3.8, 4) is 11.1 Å². The number of nitrogens with zero attached hydrogens (tertiary/aromatic N) is 1. The van der Waals surface area contributed by atoms with E-state index in [1.165, 1.54) is 21.1 Å². The summed E-state index contributed by atoms with van der Waals surface area (Å²) < 4.78 is 9.88. The van der Waals surface area contributed by atoms with Crippen LogP contribution in [0.5, 0.6) is 0 Å². The maximum atomic E-state index is 13.9. The standard InChI is InChI=1S/C33H33NO7/c1-21-8-7-9-23(18-21)19-29(34-41-22(2)35)32(38)24-12-13-26-25-10-5-6-11-27(25)33(28(26)20-24,16-14-30(36)39-3)17-15-31(37)40-4/h5-13,18,20H,14-17,19H2,1-4H3/b34-29+. The number of hydrogen-bond acceptors (Lipinski definition) is 8. The minimum Gasteiger partial charge on any atom is -0.469 e. The molecule has 0 fully saturated rings. The van der Waals surface area contributed by atoms with Crippen molar-refractivity contribution in [1.82, 2.24) is 0 Å². The van der Waals surface area contributed by atoms with Crippen LogP contribution in [0.1, 0.15) is 65.2 Å². The maximum Gasteiger partial charge on any atom is 0.331 e. The molecular weight excluding hydrogens is 522 g/mol. The number of oxime groups is 1. The highest BCUT2D eigenvalue weighted by Gasteiger charge is 2.43.